The van der Waals surface area contributed by atoms with Crippen molar-refractivity contribution in [2.45, 2.75) is 19.3 Å². The summed E-state index contributed by atoms with van der Waals surface area (Å²) in [6, 6.07) is 12.5. The Bertz CT molecular complexity index is 860. The number of sulfonamides is 1. The lowest BCUT2D eigenvalue weighted by atomic mass is 10.1. The predicted molar refractivity (Wildman–Crippen MR) is 91.3 cm³/mol. The van der Waals surface area contributed by atoms with Gasteiger partial charge < -0.3 is 5.32 Å². The van der Waals surface area contributed by atoms with Crippen molar-refractivity contribution >= 4 is 27.3 Å². The number of fused-ring (bicyclic) bond motifs is 1. The summed E-state index contributed by atoms with van der Waals surface area (Å²) in [5.41, 5.74) is 3.89. The smallest absolute Gasteiger partial charge is 0.257 e. The van der Waals surface area contributed by atoms with Gasteiger partial charge in [0.25, 0.3) is 5.91 Å². The Labute approximate surface area is 135 Å². The number of carbonyl (C=O) groups excluding carboxylic acids is 1. The molecule has 2 N–H and O–H groups in total. The van der Waals surface area contributed by atoms with Gasteiger partial charge in [0.2, 0.25) is 10.0 Å². The quantitative estimate of drug-likeness (QED) is 0.905. The van der Waals surface area contributed by atoms with Gasteiger partial charge in [0.05, 0.1) is 17.5 Å². The summed E-state index contributed by atoms with van der Waals surface area (Å²) in [5, 5.41) is 2.84. The van der Waals surface area contributed by atoms with Crippen LogP contribution in [0.3, 0.4) is 0 Å². The molecule has 2 aromatic rings. The molecular formula is C17H18N2O3S. The number of para-hydroxylation sites is 1. The first-order chi connectivity index (χ1) is 10.9. The molecule has 0 bridgehead atoms. The molecule has 120 valence electrons. The van der Waals surface area contributed by atoms with Gasteiger partial charge in [0, 0.05) is 5.69 Å². The first kappa shape index (κ1) is 15.6. The standard InChI is InChI=1S/C17H18N2O3S/c1-23(21,22)19-16-8-3-2-7-15(16)17(20)18-14-10-9-12-5-4-6-13(12)11-14/h2-3,7-11,19H,4-6H2,1H3,(H,18,20). The molecule has 0 atom stereocenters. The molecule has 0 fully saturated rings. The number of anilines is 2. The minimum absolute atomic E-state index is 0.272. The van der Waals surface area contributed by atoms with E-state index in [2.05, 4.69) is 10.0 Å². The Morgan fingerprint density at radius 3 is 2.57 bits per heavy atom. The second-order valence-corrected chi connectivity index (χ2v) is 7.46. The van der Waals surface area contributed by atoms with Crippen LogP contribution in [0.15, 0.2) is 42.5 Å². The molecule has 0 aliphatic heterocycles. The summed E-state index contributed by atoms with van der Waals surface area (Å²) in [7, 11) is -3.44. The molecule has 0 radical (unpaired) electrons. The van der Waals surface area contributed by atoms with Crippen LogP contribution in [-0.4, -0.2) is 20.6 Å². The second-order valence-electron chi connectivity index (χ2n) is 5.71. The van der Waals surface area contributed by atoms with Crippen LogP contribution in [0.4, 0.5) is 11.4 Å². The first-order valence-electron chi connectivity index (χ1n) is 7.42. The molecule has 0 unspecified atom stereocenters. The second kappa shape index (κ2) is 6.04. The Kier molecular flexibility index (Phi) is 4.09. The summed E-state index contributed by atoms with van der Waals surface area (Å²) >= 11 is 0. The van der Waals surface area contributed by atoms with E-state index < -0.39 is 10.0 Å². The van der Waals surface area contributed by atoms with Crippen molar-refractivity contribution in [2.75, 3.05) is 16.3 Å². The highest BCUT2D eigenvalue weighted by Crippen LogP contribution is 2.25. The van der Waals surface area contributed by atoms with Crippen molar-refractivity contribution in [2.24, 2.45) is 0 Å². The maximum absolute atomic E-state index is 12.5. The highest BCUT2D eigenvalue weighted by atomic mass is 32.2. The van der Waals surface area contributed by atoms with E-state index in [0.29, 0.717) is 5.56 Å². The van der Waals surface area contributed by atoms with Crippen molar-refractivity contribution in [3.05, 3.63) is 59.2 Å². The Balaban J connectivity index is 1.84. The van der Waals surface area contributed by atoms with Crippen molar-refractivity contribution < 1.29 is 13.2 Å². The van der Waals surface area contributed by atoms with Crippen LogP contribution in [0.1, 0.15) is 27.9 Å². The Hall–Kier alpha value is -2.34. The van der Waals surface area contributed by atoms with E-state index in [9.17, 15) is 13.2 Å². The largest absolute Gasteiger partial charge is 0.322 e. The number of amides is 1. The van der Waals surface area contributed by atoms with Gasteiger partial charge in [-0.3, -0.25) is 9.52 Å². The lowest BCUT2D eigenvalue weighted by molar-refractivity contribution is 0.102. The van der Waals surface area contributed by atoms with Gasteiger partial charge in [-0.05, 0) is 54.7 Å². The highest BCUT2D eigenvalue weighted by Gasteiger charge is 2.15. The number of hydrogen-bond acceptors (Lipinski definition) is 3. The topological polar surface area (TPSA) is 75.3 Å². The maximum Gasteiger partial charge on any atom is 0.257 e. The van der Waals surface area contributed by atoms with Crippen LogP contribution in [0.2, 0.25) is 0 Å². The van der Waals surface area contributed by atoms with Crippen LogP contribution in [0.25, 0.3) is 0 Å². The number of aryl methyl sites for hydroxylation is 2. The molecule has 23 heavy (non-hydrogen) atoms. The van der Waals surface area contributed by atoms with E-state index in [0.717, 1.165) is 31.2 Å². The summed E-state index contributed by atoms with van der Waals surface area (Å²) in [4.78, 5) is 12.5. The number of rotatable bonds is 4. The van der Waals surface area contributed by atoms with Gasteiger partial charge in [-0.15, -0.1) is 0 Å². The molecule has 0 saturated heterocycles. The van der Waals surface area contributed by atoms with Crippen molar-refractivity contribution in [1.82, 2.24) is 0 Å². The lowest BCUT2D eigenvalue weighted by Crippen LogP contribution is -2.17. The third-order valence-electron chi connectivity index (χ3n) is 3.82. The minimum atomic E-state index is -3.44. The maximum atomic E-state index is 12.5. The predicted octanol–water partition coefficient (Wildman–Crippen LogP) is 2.80. The number of carbonyl (C=O) groups is 1. The van der Waals surface area contributed by atoms with E-state index in [4.69, 9.17) is 0 Å². The van der Waals surface area contributed by atoms with Crippen LogP contribution in [0, 0.1) is 0 Å². The van der Waals surface area contributed by atoms with Gasteiger partial charge in [0.1, 0.15) is 0 Å². The van der Waals surface area contributed by atoms with E-state index in [-0.39, 0.29) is 11.6 Å². The zero-order valence-corrected chi connectivity index (χ0v) is 13.6. The van der Waals surface area contributed by atoms with Crippen molar-refractivity contribution in [1.29, 1.82) is 0 Å². The zero-order chi connectivity index (χ0) is 16.4. The monoisotopic (exact) mass is 330 g/mol. The fourth-order valence-electron chi connectivity index (χ4n) is 2.82. The zero-order valence-electron chi connectivity index (χ0n) is 12.8. The fraction of sp³-hybridized carbons (Fsp3) is 0.235. The Morgan fingerprint density at radius 1 is 1.04 bits per heavy atom. The van der Waals surface area contributed by atoms with Crippen LogP contribution < -0.4 is 10.0 Å². The SMILES string of the molecule is CS(=O)(=O)Nc1ccccc1C(=O)Nc1ccc2c(c1)CCC2. The molecule has 0 heterocycles. The molecule has 2 aromatic carbocycles. The van der Waals surface area contributed by atoms with E-state index in [1.165, 1.54) is 11.1 Å². The molecule has 6 heteroatoms. The normalized spacial score (nSPS) is 13.4. The van der Waals surface area contributed by atoms with Gasteiger partial charge in [-0.25, -0.2) is 8.42 Å². The number of hydrogen-bond donors (Lipinski definition) is 2. The van der Waals surface area contributed by atoms with E-state index in [1.807, 2.05) is 18.2 Å². The van der Waals surface area contributed by atoms with E-state index in [1.54, 1.807) is 24.3 Å². The molecule has 1 aliphatic rings. The molecule has 0 saturated carbocycles. The van der Waals surface area contributed by atoms with Gasteiger partial charge >= 0.3 is 0 Å². The molecule has 1 amide bonds. The molecule has 1 aliphatic carbocycles. The van der Waals surface area contributed by atoms with Crippen LogP contribution in [0.5, 0.6) is 0 Å². The summed E-state index contributed by atoms with van der Waals surface area (Å²) in [5.74, 6) is -0.338. The highest BCUT2D eigenvalue weighted by molar-refractivity contribution is 7.92. The average molecular weight is 330 g/mol. The molecule has 5 nitrogen and oxygen atoms in total. The molecule has 3 rings (SSSR count). The third kappa shape index (κ3) is 3.71. The summed E-state index contributed by atoms with van der Waals surface area (Å²) < 4.78 is 25.2. The minimum Gasteiger partial charge on any atom is -0.322 e. The molecule has 0 aromatic heterocycles. The van der Waals surface area contributed by atoms with Gasteiger partial charge in [-0.1, -0.05) is 18.2 Å². The third-order valence-corrected chi connectivity index (χ3v) is 4.41. The fourth-order valence-corrected chi connectivity index (χ4v) is 3.40. The van der Waals surface area contributed by atoms with Crippen molar-refractivity contribution in [3.63, 3.8) is 0 Å². The lowest BCUT2D eigenvalue weighted by Gasteiger charge is -2.11. The van der Waals surface area contributed by atoms with Crippen LogP contribution in [-0.2, 0) is 22.9 Å². The summed E-state index contributed by atoms with van der Waals surface area (Å²) in [6.45, 7) is 0. The number of benzene rings is 2. The first-order valence-corrected chi connectivity index (χ1v) is 9.31. The van der Waals surface area contributed by atoms with Gasteiger partial charge in [-0.2, -0.15) is 0 Å². The average Bonchev–Trinajstić information content (AvgIpc) is 2.93. The summed E-state index contributed by atoms with van der Waals surface area (Å²) in [6.07, 6.45) is 4.33. The Morgan fingerprint density at radius 2 is 1.78 bits per heavy atom. The van der Waals surface area contributed by atoms with Gasteiger partial charge in [0.15, 0.2) is 0 Å². The number of nitrogens with one attached hydrogen (secondary N) is 2. The molecule has 0 spiro atoms. The molecular weight excluding hydrogens is 312 g/mol. The van der Waals surface area contributed by atoms with Crippen LogP contribution >= 0.6 is 0 Å². The van der Waals surface area contributed by atoms with Crippen molar-refractivity contribution in [3.8, 4) is 0 Å². The van der Waals surface area contributed by atoms with E-state index >= 15 is 0 Å².